The summed E-state index contributed by atoms with van der Waals surface area (Å²) in [6.45, 7) is 0. The number of para-hydroxylation sites is 1. The Kier molecular flexibility index (Phi) is 2.56. The van der Waals surface area contributed by atoms with E-state index in [0.717, 1.165) is 38.9 Å². The maximum atomic E-state index is 5.92. The summed E-state index contributed by atoms with van der Waals surface area (Å²) in [7, 11) is 1.99. The predicted octanol–water partition coefficient (Wildman–Crippen LogP) is 2.95. The fourth-order valence-electron chi connectivity index (χ4n) is 2.90. The number of nitrogen functional groups attached to an aromatic ring is 2. The summed E-state index contributed by atoms with van der Waals surface area (Å²) in [5.74, 6) is 0.269. The van der Waals surface area contributed by atoms with Gasteiger partial charge >= 0.3 is 0 Å². The first-order valence-electron chi connectivity index (χ1n) is 7.01. The molecule has 5 nitrogen and oxygen atoms in total. The molecule has 0 saturated heterocycles. The molecule has 0 bridgehead atoms. The Hall–Kier alpha value is -3.08. The van der Waals surface area contributed by atoms with Gasteiger partial charge < -0.3 is 16.0 Å². The number of hydrogen-bond acceptors (Lipinski definition) is 4. The van der Waals surface area contributed by atoms with Gasteiger partial charge in [0.05, 0.1) is 16.6 Å². The van der Waals surface area contributed by atoms with Crippen LogP contribution in [0.15, 0.2) is 48.5 Å². The molecule has 0 aliphatic heterocycles. The lowest BCUT2D eigenvalue weighted by Gasteiger charge is -2.05. The quantitative estimate of drug-likeness (QED) is 0.528. The van der Waals surface area contributed by atoms with Gasteiger partial charge in [-0.15, -0.1) is 0 Å². The first-order valence-corrected chi connectivity index (χ1v) is 7.01. The fourth-order valence-corrected chi connectivity index (χ4v) is 2.90. The number of rotatable bonds is 1. The van der Waals surface area contributed by atoms with E-state index in [1.54, 1.807) is 0 Å². The molecule has 0 spiro atoms. The molecule has 108 valence electrons. The molecule has 2 heterocycles. The van der Waals surface area contributed by atoms with Crippen LogP contribution >= 0.6 is 0 Å². The standard InChI is InChI=1S/C17H15N5/c1-22-13-5-3-2-4-12(13)14-15(20-17(19)21-16(14)22)10-6-8-11(18)9-7-10/h2-9H,18H2,1H3,(H2,19,20,21). The van der Waals surface area contributed by atoms with Gasteiger partial charge in [0, 0.05) is 23.7 Å². The van der Waals surface area contributed by atoms with E-state index in [-0.39, 0.29) is 5.95 Å². The largest absolute Gasteiger partial charge is 0.399 e. The van der Waals surface area contributed by atoms with E-state index >= 15 is 0 Å². The van der Waals surface area contributed by atoms with Gasteiger partial charge in [-0.05, 0) is 18.2 Å². The smallest absolute Gasteiger partial charge is 0.222 e. The first kappa shape index (κ1) is 12.6. The van der Waals surface area contributed by atoms with E-state index in [4.69, 9.17) is 11.5 Å². The summed E-state index contributed by atoms with van der Waals surface area (Å²) in [6.07, 6.45) is 0. The SMILES string of the molecule is Cn1c2ccccc2c2c(-c3ccc(N)cc3)nc(N)nc21. The zero-order chi connectivity index (χ0) is 15.3. The van der Waals surface area contributed by atoms with Crippen LogP contribution in [0, 0.1) is 0 Å². The monoisotopic (exact) mass is 289 g/mol. The normalized spacial score (nSPS) is 11.3. The van der Waals surface area contributed by atoms with Crippen molar-refractivity contribution in [1.29, 1.82) is 0 Å². The molecule has 0 unspecified atom stereocenters. The van der Waals surface area contributed by atoms with Gasteiger partial charge in [0.2, 0.25) is 5.95 Å². The lowest BCUT2D eigenvalue weighted by molar-refractivity contribution is 0.985. The lowest BCUT2D eigenvalue weighted by Crippen LogP contribution is -1.99. The van der Waals surface area contributed by atoms with Gasteiger partial charge in [-0.2, -0.15) is 4.98 Å². The number of nitrogens with zero attached hydrogens (tertiary/aromatic N) is 3. The number of anilines is 2. The molecule has 2 aromatic heterocycles. The molecule has 4 aromatic rings. The summed E-state index contributed by atoms with van der Waals surface area (Å²) in [5.41, 5.74) is 16.2. The molecule has 4 rings (SSSR count). The van der Waals surface area contributed by atoms with Crippen molar-refractivity contribution < 1.29 is 0 Å². The Morgan fingerprint density at radius 2 is 1.64 bits per heavy atom. The van der Waals surface area contributed by atoms with Crippen molar-refractivity contribution in [2.24, 2.45) is 7.05 Å². The van der Waals surface area contributed by atoms with Crippen LogP contribution in [0.3, 0.4) is 0 Å². The van der Waals surface area contributed by atoms with Crippen LogP contribution in [0.4, 0.5) is 11.6 Å². The van der Waals surface area contributed by atoms with Crippen molar-refractivity contribution in [3.63, 3.8) is 0 Å². The Morgan fingerprint density at radius 3 is 2.41 bits per heavy atom. The van der Waals surface area contributed by atoms with E-state index in [1.165, 1.54) is 0 Å². The average molecular weight is 289 g/mol. The van der Waals surface area contributed by atoms with Crippen LogP contribution in [0.2, 0.25) is 0 Å². The summed E-state index contributed by atoms with van der Waals surface area (Å²) < 4.78 is 2.05. The molecule has 5 heteroatoms. The number of fused-ring (bicyclic) bond motifs is 3. The molecule has 0 aliphatic carbocycles. The fraction of sp³-hybridized carbons (Fsp3) is 0.0588. The molecule has 0 fully saturated rings. The predicted molar refractivity (Wildman–Crippen MR) is 90.3 cm³/mol. The van der Waals surface area contributed by atoms with E-state index in [0.29, 0.717) is 0 Å². The maximum absolute atomic E-state index is 5.92. The zero-order valence-corrected chi connectivity index (χ0v) is 12.1. The summed E-state index contributed by atoms with van der Waals surface area (Å²) >= 11 is 0. The topological polar surface area (TPSA) is 82.8 Å². The van der Waals surface area contributed by atoms with Crippen molar-refractivity contribution in [3.05, 3.63) is 48.5 Å². The second-order valence-electron chi connectivity index (χ2n) is 5.33. The Labute approximate surface area is 127 Å². The van der Waals surface area contributed by atoms with E-state index < -0.39 is 0 Å². The molecule has 0 radical (unpaired) electrons. The minimum atomic E-state index is 0.269. The maximum Gasteiger partial charge on any atom is 0.222 e. The van der Waals surface area contributed by atoms with Crippen molar-refractivity contribution in [1.82, 2.24) is 14.5 Å². The Bertz CT molecular complexity index is 999. The molecule has 4 N–H and O–H groups in total. The Balaban J connectivity index is 2.18. The number of hydrogen-bond donors (Lipinski definition) is 2. The highest BCUT2D eigenvalue weighted by Crippen LogP contribution is 2.34. The van der Waals surface area contributed by atoms with Crippen LogP contribution in [0.1, 0.15) is 0 Å². The van der Waals surface area contributed by atoms with Gasteiger partial charge in [-0.3, -0.25) is 0 Å². The first-order chi connectivity index (χ1) is 10.6. The van der Waals surface area contributed by atoms with Gasteiger partial charge in [-0.25, -0.2) is 4.98 Å². The van der Waals surface area contributed by atoms with Gasteiger partial charge in [0.15, 0.2) is 0 Å². The zero-order valence-electron chi connectivity index (χ0n) is 12.1. The molecule has 0 amide bonds. The second kappa shape index (κ2) is 4.46. The summed E-state index contributed by atoms with van der Waals surface area (Å²) in [6, 6.07) is 15.8. The third-order valence-corrected chi connectivity index (χ3v) is 3.94. The lowest BCUT2D eigenvalue weighted by atomic mass is 10.1. The number of aromatic nitrogens is 3. The summed E-state index contributed by atoms with van der Waals surface area (Å²) in [4.78, 5) is 8.90. The number of aryl methyl sites for hydroxylation is 1. The number of nitrogens with two attached hydrogens (primary N) is 2. The van der Waals surface area contributed by atoms with E-state index in [2.05, 4.69) is 22.1 Å². The second-order valence-corrected chi connectivity index (χ2v) is 5.33. The molecule has 0 atom stereocenters. The highest BCUT2D eigenvalue weighted by atomic mass is 15.1. The van der Waals surface area contributed by atoms with Gasteiger partial charge in [-0.1, -0.05) is 30.3 Å². The van der Waals surface area contributed by atoms with Crippen LogP contribution in [-0.4, -0.2) is 14.5 Å². The minimum absolute atomic E-state index is 0.269. The van der Waals surface area contributed by atoms with Crippen molar-refractivity contribution in [2.75, 3.05) is 11.5 Å². The molecular formula is C17H15N5. The van der Waals surface area contributed by atoms with Crippen molar-refractivity contribution in [3.8, 4) is 11.3 Å². The third kappa shape index (κ3) is 1.72. The van der Waals surface area contributed by atoms with Crippen LogP contribution < -0.4 is 11.5 Å². The van der Waals surface area contributed by atoms with Gasteiger partial charge in [0.25, 0.3) is 0 Å². The van der Waals surface area contributed by atoms with Crippen molar-refractivity contribution in [2.45, 2.75) is 0 Å². The van der Waals surface area contributed by atoms with E-state index in [1.807, 2.05) is 48.0 Å². The molecule has 2 aromatic carbocycles. The highest BCUT2D eigenvalue weighted by Gasteiger charge is 2.16. The molecule has 0 saturated carbocycles. The van der Waals surface area contributed by atoms with E-state index in [9.17, 15) is 0 Å². The van der Waals surface area contributed by atoms with Crippen LogP contribution in [0.5, 0.6) is 0 Å². The highest BCUT2D eigenvalue weighted by molar-refractivity contribution is 6.12. The van der Waals surface area contributed by atoms with Crippen LogP contribution in [-0.2, 0) is 7.05 Å². The van der Waals surface area contributed by atoms with Gasteiger partial charge in [0.1, 0.15) is 5.65 Å². The summed E-state index contributed by atoms with van der Waals surface area (Å²) in [5, 5.41) is 2.13. The third-order valence-electron chi connectivity index (χ3n) is 3.94. The molecule has 22 heavy (non-hydrogen) atoms. The van der Waals surface area contributed by atoms with Crippen LogP contribution in [0.25, 0.3) is 33.2 Å². The number of benzene rings is 2. The average Bonchev–Trinajstić information content (AvgIpc) is 2.81. The molecular weight excluding hydrogens is 274 g/mol. The van der Waals surface area contributed by atoms with Crippen molar-refractivity contribution >= 4 is 33.6 Å². The minimum Gasteiger partial charge on any atom is -0.399 e. The Morgan fingerprint density at radius 1 is 0.909 bits per heavy atom. The molecule has 0 aliphatic rings.